The summed E-state index contributed by atoms with van der Waals surface area (Å²) in [5, 5.41) is 3.73. The van der Waals surface area contributed by atoms with E-state index >= 15 is 0 Å². The van der Waals surface area contributed by atoms with E-state index in [0.717, 1.165) is 34.5 Å². The molecule has 0 saturated heterocycles. The first kappa shape index (κ1) is 30.4. The summed E-state index contributed by atoms with van der Waals surface area (Å²) in [6.45, 7) is 1.17. The van der Waals surface area contributed by atoms with Gasteiger partial charge in [0.25, 0.3) is 10.0 Å². The summed E-state index contributed by atoms with van der Waals surface area (Å²) in [4.78, 5) is 28.7. The van der Waals surface area contributed by atoms with Crippen LogP contribution < -0.4 is 9.62 Å². The Kier molecular flexibility index (Phi) is 10.2. The van der Waals surface area contributed by atoms with Gasteiger partial charge in [0.05, 0.1) is 20.6 Å². The van der Waals surface area contributed by atoms with E-state index < -0.39 is 28.5 Å². The summed E-state index contributed by atoms with van der Waals surface area (Å²) in [6.07, 6.45) is 3.88. The smallest absolute Gasteiger partial charge is 0.264 e. The van der Waals surface area contributed by atoms with E-state index in [9.17, 15) is 18.0 Å². The standard InChI is InChI=1S/C29H30BrCl2N3O4S/c1-20(29(37)33-23-7-5-6-8-23)34(18-21-11-16-26(31)27(32)17-21)28(36)19-35(24-14-12-22(30)13-15-24)40(38,39)25-9-3-2-4-10-25/h2-4,9-17,20,23H,5-8,18-19H2,1H3,(H,33,37)/t20-/m1/s1. The number of amides is 2. The zero-order chi connectivity index (χ0) is 28.9. The maximum atomic E-state index is 14.0. The van der Waals surface area contributed by atoms with Crippen LogP contribution in [-0.2, 0) is 26.2 Å². The molecule has 1 aliphatic rings. The molecule has 1 N–H and O–H groups in total. The zero-order valence-corrected chi connectivity index (χ0v) is 25.8. The highest BCUT2D eigenvalue weighted by atomic mass is 79.9. The van der Waals surface area contributed by atoms with Crippen molar-refractivity contribution < 1.29 is 18.0 Å². The Morgan fingerprint density at radius 2 is 1.62 bits per heavy atom. The molecular formula is C29H30BrCl2N3O4S. The zero-order valence-electron chi connectivity index (χ0n) is 21.9. The molecular weight excluding hydrogens is 637 g/mol. The highest BCUT2D eigenvalue weighted by Crippen LogP contribution is 2.27. The number of nitrogens with zero attached hydrogens (tertiary/aromatic N) is 2. The fourth-order valence-corrected chi connectivity index (χ4v) is 6.69. The van der Waals surface area contributed by atoms with Crippen molar-refractivity contribution in [1.29, 1.82) is 0 Å². The van der Waals surface area contributed by atoms with Crippen molar-refractivity contribution >= 4 is 66.7 Å². The molecule has 212 valence electrons. The molecule has 1 saturated carbocycles. The van der Waals surface area contributed by atoms with Gasteiger partial charge in [-0.1, -0.05) is 76.2 Å². The van der Waals surface area contributed by atoms with Crippen LogP contribution in [0, 0.1) is 0 Å². The van der Waals surface area contributed by atoms with Gasteiger partial charge in [-0.05, 0) is 73.9 Å². The number of benzene rings is 3. The molecule has 0 unspecified atom stereocenters. The van der Waals surface area contributed by atoms with Gasteiger partial charge in [0.2, 0.25) is 11.8 Å². The molecule has 1 atom stereocenters. The first-order chi connectivity index (χ1) is 19.1. The lowest BCUT2D eigenvalue weighted by Crippen LogP contribution is -2.52. The lowest BCUT2D eigenvalue weighted by molar-refractivity contribution is -0.139. The number of carbonyl (C=O) groups is 2. The number of rotatable bonds is 10. The number of halogens is 3. The van der Waals surface area contributed by atoms with Crippen molar-refractivity contribution in [3.05, 3.63) is 92.9 Å². The van der Waals surface area contributed by atoms with Crippen molar-refractivity contribution in [2.24, 2.45) is 0 Å². The number of carbonyl (C=O) groups excluding carboxylic acids is 2. The van der Waals surface area contributed by atoms with Gasteiger partial charge in [-0.2, -0.15) is 0 Å². The minimum Gasteiger partial charge on any atom is -0.352 e. The lowest BCUT2D eigenvalue weighted by atomic mass is 10.1. The molecule has 7 nitrogen and oxygen atoms in total. The van der Waals surface area contributed by atoms with E-state index in [1.165, 1.54) is 17.0 Å². The third-order valence-corrected chi connectivity index (χ3v) is 9.99. The second-order valence-corrected chi connectivity index (χ2v) is 13.3. The predicted molar refractivity (Wildman–Crippen MR) is 162 cm³/mol. The Balaban J connectivity index is 1.68. The predicted octanol–water partition coefficient (Wildman–Crippen LogP) is 6.43. The van der Waals surface area contributed by atoms with E-state index in [4.69, 9.17) is 23.2 Å². The van der Waals surface area contributed by atoms with Crippen LogP contribution in [0.15, 0.2) is 82.2 Å². The highest BCUT2D eigenvalue weighted by Gasteiger charge is 2.33. The van der Waals surface area contributed by atoms with Gasteiger partial charge in [-0.25, -0.2) is 8.42 Å². The molecule has 1 fully saturated rings. The average molecular weight is 667 g/mol. The Morgan fingerprint density at radius 3 is 2.25 bits per heavy atom. The van der Waals surface area contributed by atoms with Gasteiger partial charge in [0.1, 0.15) is 12.6 Å². The quantitative estimate of drug-likeness (QED) is 0.270. The topological polar surface area (TPSA) is 86.8 Å². The van der Waals surface area contributed by atoms with Crippen molar-refractivity contribution in [1.82, 2.24) is 10.2 Å². The number of hydrogen-bond donors (Lipinski definition) is 1. The van der Waals surface area contributed by atoms with Crippen LogP contribution in [0.4, 0.5) is 5.69 Å². The van der Waals surface area contributed by atoms with E-state index in [0.29, 0.717) is 21.3 Å². The molecule has 3 aromatic rings. The Morgan fingerprint density at radius 1 is 0.975 bits per heavy atom. The molecule has 1 aliphatic carbocycles. The van der Waals surface area contributed by atoms with Crippen LogP contribution in [0.2, 0.25) is 10.0 Å². The van der Waals surface area contributed by atoms with Crippen molar-refractivity contribution in [2.45, 2.75) is 56.1 Å². The number of sulfonamides is 1. The molecule has 40 heavy (non-hydrogen) atoms. The Bertz CT molecular complexity index is 1450. The Labute approximate surface area is 253 Å². The van der Waals surface area contributed by atoms with E-state index in [1.807, 2.05) is 0 Å². The Hall–Kier alpha value is -2.59. The fraction of sp³-hybridized carbons (Fsp3) is 0.310. The number of hydrogen-bond acceptors (Lipinski definition) is 4. The summed E-state index contributed by atoms with van der Waals surface area (Å²) >= 11 is 15.7. The normalized spacial score (nSPS) is 14.5. The van der Waals surface area contributed by atoms with Crippen LogP contribution in [0.3, 0.4) is 0 Å². The monoisotopic (exact) mass is 665 g/mol. The van der Waals surface area contributed by atoms with Gasteiger partial charge in [-0.15, -0.1) is 0 Å². The molecule has 0 bridgehead atoms. The molecule has 11 heteroatoms. The van der Waals surface area contributed by atoms with Gasteiger partial charge in [-0.3, -0.25) is 13.9 Å². The third kappa shape index (κ3) is 7.37. The molecule has 0 radical (unpaired) electrons. The molecule has 0 aromatic heterocycles. The van der Waals surface area contributed by atoms with Crippen LogP contribution in [0.5, 0.6) is 0 Å². The van der Waals surface area contributed by atoms with Crippen LogP contribution >= 0.6 is 39.1 Å². The van der Waals surface area contributed by atoms with Gasteiger partial charge in [0, 0.05) is 17.1 Å². The van der Waals surface area contributed by atoms with E-state index in [2.05, 4.69) is 21.2 Å². The van der Waals surface area contributed by atoms with Gasteiger partial charge in [0.15, 0.2) is 0 Å². The largest absolute Gasteiger partial charge is 0.352 e. The maximum absolute atomic E-state index is 14.0. The fourth-order valence-electron chi connectivity index (χ4n) is 4.67. The SMILES string of the molecule is C[C@H](C(=O)NC1CCCC1)N(Cc1ccc(Cl)c(Cl)c1)C(=O)CN(c1ccc(Br)cc1)S(=O)(=O)c1ccccc1. The first-order valence-electron chi connectivity index (χ1n) is 12.9. The highest BCUT2D eigenvalue weighted by molar-refractivity contribution is 9.10. The van der Waals surface area contributed by atoms with Crippen LogP contribution in [-0.4, -0.2) is 43.8 Å². The van der Waals surface area contributed by atoms with Crippen LogP contribution in [0.25, 0.3) is 0 Å². The number of nitrogens with one attached hydrogen (secondary N) is 1. The summed E-state index contributed by atoms with van der Waals surface area (Å²) in [5.74, 6) is -0.830. The minimum atomic E-state index is -4.11. The molecule has 0 aliphatic heterocycles. The van der Waals surface area contributed by atoms with Crippen molar-refractivity contribution in [2.75, 3.05) is 10.8 Å². The maximum Gasteiger partial charge on any atom is 0.264 e. The number of anilines is 1. The summed E-state index contributed by atoms with van der Waals surface area (Å²) in [6, 6.07) is 18.8. The summed E-state index contributed by atoms with van der Waals surface area (Å²) in [5.41, 5.74) is 0.974. The minimum absolute atomic E-state index is 0.0362. The molecule has 2 amide bonds. The lowest BCUT2D eigenvalue weighted by Gasteiger charge is -2.32. The molecule has 0 heterocycles. The van der Waals surface area contributed by atoms with Gasteiger partial charge >= 0.3 is 0 Å². The van der Waals surface area contributed by atoms with Crippen LogP contribution in [0.1, 0.15) is 38.2 Å². The molecule has 3 aromatic carbocycles. The third-order valence-electron chi connectivity index (χ3n) is 6.93. The summed E-state index contributed by atoms with van der Waals surface area (Å²) in [7, 11) is -4.11. The van der Waals surface area contributed by atoms with Crippen molar-refractivity contribution in [3.8, 4) is 0 Å². The molecule has 0 spiro atoms. The first-order valence-corrected chi connectivity index (χ1v) is 15.9. The van der Waals surface area contributed by atoms with Crippen molar-refractivity contribution in [3.63, 3.8) is 0 Å². The average Bonchev–Trinajstić information content (AvgIpc) is 3.46. The van der Waals surface area contributed by atoms with E-state index in [-0.39, 0.29) is 23.4 Å². The summed E-state index contributed by atoms with van der Waals surface area (Å²) < 4.78 is 29.4. The second-order valence-electron chi connectivity index (χ2n) is 9.74. The van der Waals surface area contributed by atoms with Gasteiger partial charge < -0.3 is 10.2 Å². The van der Waals surface area contributed by atoms with E-state index in [1.54, 1.807) is 67.6 Å². The molecule has 4 rings (SSSR count). The second kappa shape index (κ2) is 13.4.